The number of methoxy groups -OCH3 is 1. The Labute approximate surface area is 89.5 Å². The predicted molar refractivity (Wildman–Crippen MR) is 62.4 cm³/mol. The molecule has 0 aliphatic rings. The first kappa shape index (κ1) is 10.9. The van der Waals surface area contributed by atoms with Gasteiger partial charge in [0.2, 0.25) is 0 Å². The quantitative estimate of drug-likeness (QED) is 0.744. The van der Waals surface area contributed by atoms with Gasteiger partial charge in [-0.15, -0.1) is 11.3 Å². The minimum atomic E-state index is 0.945. The van der Waals surface area contributed by atoms with Crippen LogP contribution in [0.1, 0.15) is 23.8 Å². The summed E-state index contributed by atoms with van der Waals surface area (Å²) in [7, 11) is 1.76. The zero-order valence-electron chi connectivity index (χ0n) is 8.17. The van der Waals surface area contributed by atoms with Crippen LogP contribution in [0.25, 0.3) is 0 Å². The first-order chi connectivity index (χ1) is 6.33. The monoisotopic (exact) mass is 216 g/mol. The van der Waals surface area contributed by atoms with Crippen LogP contribution in [-0.4, -0.2) is 12.9 Å². The second-order valence-corrected chi connectivity index (χ2v) is 4.31. The summed E-state index contributed by atoms with van der Waals surface area (Å²) < 4.78 is 5.39. The molecule has 13 heavy (non-hydrogen) atoms. The molecule has 1 nitrogen and oxygen atoms in total. The molecule has 0 aliphatic heterocycles. The lowest BCUT2D eigenvalue weighted by atomic mass is 10.1. The van der Waals surface area contributed by atoms with Gasteiger partial charge in [-0.05, 0) is 30.4 Å². The summed E-state index contributed by atoms with van der Waals surface area (Å²) in [4.78, 5) is 1.36. The molecule has 0 atom stereocenters. The molecule has 0 aliphatic carbocycles. The standard InChI is InChI=1S/C10H16OS2/c1-3-9-10(11-2)8(7-13-9)5-4-6-12/h7,12H,3-6H2,1-2H3. The highest BCUT2D eigenvalue weighted by molar-refractivity contribution is 7.80. The highest BCUT2D eigenvalue weighted by Gasteiger charge is 2.09. The second kappa shape index (κ2) is 5.55. The molecule has 0 radical (unpaired) electrons. The number of ether oxygens (including phenoxy) is 1. The minimum absolute atomic E-state index is 0.945. The van der Waals surface area contributed by atoms with Crippen LogP contribution >= 0.6 is 24.0 Å². The normalized spacial score (nSPS) is 10.4. The van der Waals surface area contributed by atoms with Crippen molar-refractivity contribution in [3.63, 3.8) is 0 Å². The molecule has 0 aromatic carbocycles. The highest BCUT2D eigenvalue weighted by Crippen LogP contribution is 2.31. The van der Waals surface area contributed by atoms with Gasteiger partial charge in [-0.1, -0.05) is 6.92 Å². The van der Waals surface area contributed by atoms with Gasteiger partial charge >= 0.3 is 0 Å². The van der Waals surface area contributed by atoms with Gasteiger partial charge in [-0.3, -0.25) is 0 Å². The van der Waals surface area contributed by atoms with E-state index in [0.717, 1.165) is 30.8 Å². The van der Waals surface area contributed by atoms with Crippen molar-refractivity contribution in [2.75, 3.05) is 12.9 Å². The highest BCUT2D eigenvalue weighted by atomic mass is 32.1. The molecule has 3 heteroatoms. The third-order valence-corrected chi connectivity index (χ3v) is 3.50. The SMILES string of the molecule is CCc1scc(CCCS)c1OC. The molecular formula is C10H16OS2. The first-order valence-corrected chi connectivity index (χ1v) is 6.08. The Balaban J connectivity index is 2.75. The summed E-state index contributed by atoms with van der Waals surface area (Å²) in [5.74, 6) is 2.05. The van der Waals surface area contributed by atoms with Crippen molar-refractivity contribution in [3.05, 3.63) is 15.8 Å². The Morgan fingerprint density at radius 1 is 1.54 bits per heavy atom. The molecule has 0 saturated heterocycles. The number of hydrogen-bond donors (Lipinski definition) is 1. The van der Waals surface area contributed by atoms with E-state index in [1.165, 1.54) is 10.4 Å². The van der Waals surface area contributed by atoms with E-state index in [0.29, 0.717) is 0 Å². The van der Waals surface area contributed by atoms with Crippen LogP contribution in [0, 0.1) is 0 Å². The van der Waals surface area contributed by atoms with Crippen molar-refractivity contribution >= 4 is 24.0 Å². The van der Waals surface area contributed by atoms with E-state index in [4.69, 9.17) is 4.74 Å². The van der Waals surface area contributed by atoms with Crippen molar-refractivity contribution in [1.82, 2.24) is 0 Å². The fourth-order valence-electron chi connectivity index (χ4n) is 1.36. The zero-order valence-corrected chi connectivity index (χ0v) is 9.88. The molecular weight excluding hydrogens is 200 g/mol. The molecule has 1 heterocycles. The summed E-state index contributed by atoms with van der Waals surface area (Å²) in [5.41, 5.74) is 1.35. The van der Waals surface area contributed by atoms with Crippen LogP contribution < -0.4 is 4.74 Å². The Morgan fingerprint density at radius 3 is 2.85 bits per heavy atom. The van der Waals surface area contributed by atoms with E-state index < -0.39 is 0 Å². The lowest BCUT2D eigenvalue weighted by Crippen LogP contribution is -1.91. The van der Waals surface area contributed by atoms with Gasteiger partial charge in [0.25, 0.3) is 0 Å². The molecule has 0 fully saturated rings. The van der Waals surface area contributed by atoms with Crippen LogP contribution in [0.3, 0.4) is 0 Å². The molecule has 0 saturated carbocycles. The Hall–Kier alpha value is -0.150. The summed E-state index contributed by atoms with van der Waals surface area (Å²) in [6.07, 6.45) is 3.28. The molecule has 0 spiro atoms. The molecule has 1 rings (SSSR count). The van der Waals surface area contributed by atoms with Crippen LogP contribution in [0.15, 0.2) is 5.38 Å². The van der Waals surface area contributed by atoms with Crippen molar-refractivity contribution in [2.24, 2.45) is 0 Å². The third kappa shape index (κ3) is 2.64. The van der Waals surface area contributed by atoms with E-state index >= 15 is 0 Å². The average Bonchev–Trinajstić information content (AvgIpc) is 2.56. The average molecular weight is 216 g/mol. The molecule has 0 unspecified atom stereocenters. The van der Waals surface area contributed by atoms with E-state index in [2.05, 4.69) is 24.9 Å². The van der Waals surface area contributed by atoms with E-state index in [9.17, 15) is 0 Å². The van der Waals surface area contributed by atoms with Crippen molar-refractivity contribution < 1.29 is 4.74 Å². The van der Waals surface area contributed by atoms with E-state index in [1.54, 1.807) is 18.4 Å². The van der Waals surface area contributed by atoms with Crippen molar-refractivity contribution in [2.45, 2.75) is 26.2 Å². The zero-order chi connectivity index (χ0) is 9.68. The third-order valence-electron chi connectivity index (χ3n) is 2.02. The summed E-state index contributed by atoms with van der Waals surface area (Å²) >= 11 is 6.01. The smallest absolute Gasteiger partial charge is 0.135 e. The summed E-state index contributed by atoms with van der Waals surface area (Å²) in [6, 6.07) is 0. The summed E-state index contributed by atoms with van der Waals surface area (Å²) in [5, 5.41) is 2.21. The number of aryl methyl sites for hydroxylation is 2. The Kier molecular flexibility index (Phi) is 4.67. The van der Waals surface area contributed by atoms with Crippen LogP contribution in [-0.2, 0) is 12.8 Å². The fraction of sp³-hybridized carbons (Fsp3) is 0.600. The maximum Gasteiger partial charge on any atom is 0.135 e. The summed E-state index contributed by atoms with van der Waals surface area (Å²) in [6.45, 7) is 2.16. The predicted octanol–water partition coefficient (Wildman–Crippen LogP) is 3.18. The lowest BCUT2D eigenvalue weighted by Gasteiger charge is -2.03. The number of thiol groups is 1. The second-order valence-electron chi connectivity index (χ2n) is 2.90. The maximum absolute atomic E-state index is 5.39. The Morgan fingerprint density at radius 2 is 2.31 bits per heavy atom. The molecule has 0 N–H and O–H groups in total. The topological polar surface area (TPSA) is 9.23 Å². The minimum Gasteiger partial charge on any atom is -0.495 e. The van der Waals surface area contributed by atoms with Gasteiger partial charge in [0.05, 0.1) is 7.11 Å². The van der Waals surface area contributed by atoms with Gasteiger partial charge in [0, 0.05) is 10.4 Å². The number of rotatable bonds is 5. The van der Waals surface area contributed by atoms with Gasteiger partial charge in [-0.25, -0.2) is 0 Å². The number of thiophene rings is 1. The maximum atomic E-state index is 5.39. The molecule has 1 aromatic heterocycles. The van der Waals surface area contributed by atoms with Crippen LogP contribution in [0.4, 0.5) is 0 Å². The molecule has 0 amide bonds. The fourth-order valence-corrected chi connectivity index (χ4v) is 2.51. The van der Waals surface area contributed by atoms with Crippen LogP contribution in [0.5, 0.6) is 5.75 Å². The molecule has 74 valence electrons. The van der Waals surface area contributed by atoms with Crippen molar-refractivity contribution in [3.8, 4) is 5.75 Å². The van der Waals surface area contributed by atoms with E-state index in [-0.39, 0.29) is 0 Å². The van der Waals surface area contributed by atoms with Gasteiger partial charge in [0.15, 0.2) is 0 Å². The van der Waals surface area contributed by atoms with Gasteiger partial charge < -0.3 is 4.74 Å². The van der Waals surface area contributed by atoms with Crippen LogP contribution in [0.2, 0.25) is 0 Å². The molecule has 0 bridgehead atoms. The lowest BCUT2D eigenvalue weighted by molar-refractivity contribution is 0.407. The molecule has 1 aromatic rings. The van der Waals surface area contributed by atoms with E-state index in [1.807, 2.05) is 0 Å². The largest absolute Gasteiger partial charge is 0.495 e. The number of hydrogen-bond acceptors (Lipinski definition) is 3. The Bertz CT molecular complexity index is 255. The van der Waals surface area contributed by atoms with Crippen molar-refractivity contribution in [1.29, 1.82) is 0 Å². The van der Waals surface area contributed by atoms with Gasteiger partial charge in [0.1, 0.15) is 5.75 Å². The van der Waals surface area contributed by atoms with Gasteiger partial charge in [-0.2, -0.15) is 12.6 Å². The first-order valence-electron chi connectivity index (χ1n) is 4.57.